The van der Waals surface area contributed by atoms with Gasteiger partial charge in [-0.25, -0.2) is 4.79 Å². The first-order valence-corrected chi connectivity index (χ1v) is 10.5. The molecular formula is C22H24Cl2N2O4. The van der Waals surface area contributed by atoms with E-state index >= 15 is 0 Å². The lowest BCUT2D eigenvalue weighted by Gasteiger charge is -2.41. The number of hydrogen-bond donors (Lipinski definition) is 1. The van der Waals surface area contributed by atoms with E-state index in [0.717, 1.165) is 11.3 Å². The largest absolute Gasteiger partial charge is 0.479 e. The number of carboxylic acids is 1. The Morgan fingerprint density at radius 1 is 1.13 bits per heavy atom. The summed E-state index contributed by atoms with van der Waals surface area (Å²) >= 11 is 12.1. The molecule has 0 saturated carbocycles. The number of halogens is 2. The van der Waals surface area contributed by atoms with Gasteiger partial charge in [-0.2, -0.15) is 0 Å². The molecule has 1 fully saturated rings. The van der Waals surface area contributed by atoms with Gasteiger partial charge in [0, 0.05) is 35.7 Å². The standard InChI is InChI=1S/C22H24Cl2N2O4/c1-14-13-25(19-12-18(24)7-8-20(19)30-15(2)22(28)29)9-10-26(14)21(27)11-16-3-5-17(23)6-4-16/h3-8,12,14-15H,9-11,13H2,1-2H3,(H,28,29)/t14-,15-/m0/s1. The lowest BCUT2D eigenvalue weighted by Crippen LogP contribution is -2.54. The molecule has 1 saturated heterocycles. The number of amides is 1. The highest BCUT2D eigenvalue weighted by Crippen LogP contribution is 2.33. The summed E-state index contributed by atoms with van der Waals surface area (Å²) in [6.45, 7) is 5.21. The minimum Gasteiger partial charge on any atom is -0.479 e. The van der Waals surface area contributed by atoms with Crippen LogP contribution < -0.4 is 9.64 Å². The molecule has 1 amide bonds. The number of rotatable bonds is 6. The molecule has 0 bridgehead atoms. The van der Waals surface area contributed by atoms with E-state index < -0.39 is 12.1 Å². The quantitative estimate of drug-likeness (QED) is 0.716. The van der Waals surface area contributed by atoms with E-state index in [1.807, 2.05) is 24.0 Å². The summed E-state index contributed by atoms with van der Waals surface area (Å²) in [7, 11) is 0. The van der Waals surface area contributed by atoms with Gasteiger partial charge in [0.1, 0.15) is 5.75 Å². The molecule has 0 spiro atoms. The van der Waals surface area contributed by atoms with Crippen LogP contribution in [0.1, 0.15) is 19.4 Å². The van der Waals surface area contributed by atoms with Crippen molar-refractivity contribution in [2.24, 2.45) is 0 Å². The molecule has 2 atom stereocenters. The summed E-state index contributed by atoms with van der Waals surface area (Å²) in [6, 6.07) is 12.4. The smallest absolute Gasteiger partial charge is 0.344 e. The van der Waals surface area contributed by atoms with Crippen molar-refractivity contribution in [3.63, 3.8) is 0 Å². The van der Waals surface area contributed by atoms with Crippen LogP contribution in [0.3, 0.4) is 0 Å². The van der Waals surface area contributed by atoms with Crippen molar-refractivity contribution >= 4 is 40.8 Å². The third-order valence-corrected chi connectivity index (χ3v) is 5.62. The maximum absolute atomic E-state index is 12.8. The zero-order valence-corrected chi connectivity index (χ0v) is 18.4. The molecule has 8 heteroatoms. The molecule has 1 aliphatic rings. The minimum atomic E-state index is -1.04. The highest BCUT2D eigenvalue weighted by molar-refractivity contribution is 6.31. The van der Waals surface area contributed by atoms with Gasteiger partial charge in [0.15, 0.2) is 6.10 Å². The zero-order valence-electron chi connectivity index (χ0n) is 16.8. The van der Waals surface area contributed by atoms with Crippen LogP contribution in [0.4, 0.5) is 5.69 Å². The summed E-state index contributed by atoms with van der Waals surface area (Å²) in [5.74, 6) is -0.518. The van der Waals surface area contributed by atoms with Gasteiger partial charge in [0.2, 0.25) is 5.91 Å². The van der Waals surface area contributed by atoms with Crippen molar-refractivity contribution in [1.29, 1.82) is 0 Å². The second kappa shape index (κ2) is 9.58. The molecular weight excluding hydrogens is 427 g/mol. The van der Waals surface area contributed by atoms with Gasteiger partial charge >= 0.3 is 5.97 Å². The third-order valence-electron chi connectivity index (χ3n) is 5.13. The first-order chi connectivity index (χ1) is 14.2. The van der Waals surface area contributed by atoms with Gasteiger partial charge in [-0.15, -0.1) is 0 Å². The van der Waals surface area contributed by atoms with Crippen molar-refractivity contribution in [3.05, 3.63) is 58.1 Å². The fourth-order valence-electron chi connectivity index (χ4n) is 3.50. The summed E-state index contributed by atoms with van der Waals surface area (Å²) < 4.78 is 5.62. The minimum absolute atomic E-state index is 0.0257. The molecule has 1 heterocycles. The maximum atomic E-state index is 12.8. The molecule has 6 nitrogen and oxygen atoms in total. The van der Waals surface area contributed by atoms with E-state index in [1.165, 1.54) is 6.92 Å². The van der Waals surface area contributed by atoms with Crippen molar-refractivity contribution in [2.75, 3.05) is 24.5 Å². The Labute approximate surface area is 185 Å². The van der Waals surface area contributed by atoms with Crippen LogP contribution in [0.2, 0.25) is 10.0 Å². The molecule has 160 valence electrons. The highest BCUT2D eigenvalue weighted by atomic mass is 35.5. The Morgan fingerprint density at radius 2 is 1.80 bits per heavy atom. The number of anilines is 1. The Balaban J connectivity index is 1.70. The average molecular weight is 451 g/mol. The average Bonchev–Trinajstić information content (AvgIpc) is 2.70. The summed E-state index contributed by atoms with van der Waals surface area (Å²) in [4.78, 5) is 27.9. The first kappa shape index (κ1) is 22.2. The number of carbonyl (C=O) groups excluding carboxylic acids is 1. The van der Waals surface area contributed by atoms with Crippen molar-refractivity contribution in [3.8, 4) is 5.75 Å². The molecule has 0 aliphatic carbocycles. The SMILES string of the molecule is C[C@H](Oc1ccc(Cl)cc1N1CCN(C(=O)Cc2ccc(Cl)cc2)[C@@H](C)C1)C(=O)O. The normalized spacial score (nSPS) is 17.5. The Morgan fingerprint density at radius 3 is 2.43 bits per heavy atom. The van der Waals surface area contributed by atoms with E-state index in [-0.39, 0.29) is 11.9 Å². The van der Waals surface area contributed by atoms with E-state index in [4.69, 9.17) is 33.0 Å². The summed E-state index contributed by atoms with van der Waals surface area (Å²) in [6.07, 6.45) is -0.659. The number of hydrogen-bond acceptors (Lipinski definition) is 4. The summed E-state index contributed by atoms with van der Waals surface area (Å²) in [5.41, 5.74) is 1.65. The first-order valence-electron chi connectivity index (χ1n) is 9.72. The van der Waals surface area contributed by atoms with Crippen molar-refractivity contribution in [2.45, 2.75) is 32.4 Å². The number of nitrogens with zero attached hydrogens (tertiary/aromatic N) is 2. The van der Waals surface area contributed by atoms with E-state index in [9.17, 15) is 9.59 Å². The van der Waals surface area contributed by atoms with Crippen LogP contribution in [-0.2, 0) is 16.0 Å². The molecule has 0 unspecified atom stereocenters. The Kier molecular flexibility index (Phi) is 7.10. The molecule has 0 radical (unpaired) electrons. The number of piperazine rings is 1. The topological polar surface area (TPSA) is 70.1 Å². The van der Waals surface area contributed by atoms with Crippen LogP contribution in [0.5, 0.6) is 5.75 Å². The Hall–Kier alpha value is -2.44. The molecule has 0 aromatic heterocycles. The van der Waals surface area contributed by atoms with Crippen LogP contribution in [0.15, 0.2) is 42.5 Å². The van der Waals surface area contributed by atoms with Gasteiger partial charge in [-0.1, -0.05) is 35.3 Å². The molecule has 30 heavy (non-hydrogen) atoms. The van der Waals surface area contributed by atoms with Crippen LogP contribution in [0, 0.1) is 0 Å². The molecule has 1 aliphatic heterocycles. The van der Waals surface area contributed by atoms with Crippen LogP contribution >= 0.6 is 23.2 Å². The number of ether oxygens (including phenoxy) is 1. The van der Waals surface area contributed by atoms with Crippen molar-refractivity contribution < 1.29 is 19.4 Å². The fraction of sp³-hybridized carbons (Fsp3) is 0.364. The predicted octanol–water partition coefficient (Wildman–Crippen LogP) is 4.13. The molecule has 3 rings (SSSR count). The molecule has 2 aromatic carbocycles. The lowest BCUT2D eigenvalue weighted by atomic mass is 10.1. The molecule has 2 aromatic rings. The second-order valence-corrected chi connectivity index (χ2v) is 8.27. The van der Waals surface area contributed by atoms with Crippen LogP contribution in [0.25, 0.3) is 0 Å². The zero-order chi connectivity index (χ0) is 21.8. The van der Waals surface area contributed by atoms with Gasteiger partial charge in [-0.05, 0) is 49.7 Å². The fourth-order valence-corrected chi connectivity index (χ4v) is 3.80. The number of carboxylic acid groups (broad SMARTS) is 1. The van der Waals surface area contributed by atoms with Gasteiger partial charge in [0.05, 0.1) is 12.1 Å². The van der Waals surface area contributed by atoms with Crippen molar-refractivity contribution in [1.82, 2.24) is 4.90 Å². The second-order valence-electron chi connectivity index (χ2n) is 7.40. The van der Waals surface area contributed by atoms with Gasteiger partial charge in [0.25, 0.3) is 0 Å². The molecule has 1 N–H and O–H groups in total. The maximum Gasteiger partial charge on any atom is 0.344 e. The number of benzene rings is 2. The third kappa shape index (κ3) is 5.37. The Bertz CT molecular complexity index is 920. The summed E-state index contributed by atoms with van der Waals surface area (Å²) in [5, 5.41) is 10.3. The van der Waals surface area contributed by atoms with Gasteiger partial charge < -0.3 is 19.6 Å². The predicted molar refractivity (Wildman–Crippen MR) is 118 cm³/mol. The monoisotopic (exact) mass is 450 g/mol. The number of aliphatic carboxylic acids is 1. The van der Waals surface area contributed by atoms with E-state index in [0.29, 0.717) is 41.8 Å². The van der Waals surface area contributed by atoms with E-state index in [1.54, 1.807) is 30.3 Å². The van der Waals surface area contributed by atoms with Gasteiger partial charge in [-0.3, -0.25) is 4.79 Å². The highest BCUT2D eigenvalue weighted by Gasteiger charge is 2.29. The number of carbonyl (C=O) groups is 2. The van der Waals surface area contributed by atoms with E-state index in [2.05, 4.69) is 4.90 Å². The van der Waals surface area contributed by atoms with Crippen LogP contribution in [-0.4, -0.2) is 53.7 Å². The lowest BCUT2D eigenvalue weighted by molar-refractivity contribution is -0.144.